The summed E-state index contributed by atoms with van der Waals surface area (Å²) >= 11 is 3.09. The van der Waals surface area contributed by atoms with Crippen molar-refractivity contribution in [2.75, 3.05) is 0 Å². The fourth-order valence-corrected chi connectivity index (χ4v) is 0. The Morgan fingerprint density at radius 2 is 1.80 bits per heavy atom. The second-order valence-electron chi connectivity index (χ2n) is 0.100. The molecule has 5 heavy (non-hydrogen) atoms. The number of rotatable bonds is 0. The summed E-state index contributed by atoms with van der Waals surface area (Å²) in [5.74, 6) is 0. The third kappa shape index (κ3) is 28.8. The van der Waals surface area contributed by atoms with Crippen molar-refractivity contribution in [1.82, 2.24) is 0 Å². The first-order valence-corrected chi connectivity index (χ1v) is 0.894. The van der Waals surface area contributed by atoms with Crippen LogP contribution >= 0.6 is 36.6 Å². The fourth-order valence-electron chi connectivity index (χ4n) is 0. The van der Waals surface area contributed by atoms with E-state index in [9.17, 15) is 0 Å². The first kappa shape index (κ1) is 16.0. The van der Waals surface area contributed by atoms with Gasteiger partial charge in [-0.2, -0.15) is 5.26 Å². The molecule has 0 fully saturated rings. The number of hydrogen-bond donors (Lipinski definition) is 1. The molecule has 0 heterocycles. The van der Waals surface area contributed by atoms with Crippen LogP contribution in [0.5, 0.6) is 0 Å². The smallest absolute Gasteiger partial charge is 1.00 e. The number of nitrogens with zero attached hydrogens (tertiary/aromatic N) is 1. The molecule has 0 rings (SSSR count). The summed E-state index contributed by atoms with van der Waals surface area (Å²) in [5.41, 5.74) is 0. The Bertz CT molecular complexity index is 37.0. The largest absolute Gasteiger partial charge is 1.00 e. The van der Waals surface area contributed by atoms with E-state index in [0.29, 0.717) is 0 Å². The van der Waals surface area contributed by atoms with Gasteiger partial charge in [0.25, 0.3) is 0 Å². The van der Waals surface area contributed by atoms with Crippen LogP contribution in [0.4, 0.5) is 0 Å². The molecule has 0 aliphatic carbocycles. The molecule has 0 atom stereocenters. The summed E-state index contributed by atoms with van der Waals surface area (Å²) < 4.78 is 0. The molecular weight excluding hydrogens is 208 g/mol. The van der Waals surface area contributed by atoms with Crippen molar-refractivity contribution in [2.24, 2.45) is 0 Å². The first-order valence-electron chi connectivity index (χ1n) is 0.447. The van der Waals surface area contributed by atoms with Gasteiger partial charge in [-0.3, -0.25) is 0 Å². The molecule has 0 saturated heterocycles. The van der Waals surface area contributed by atoms with E-state index in [4.69, 9.17) is 5.26 Å². The standard InChI is InChI=1S/CHNS.HI.Na.H/c2-1-3;;;/h3H;1H;;/q;;+1;-1. The van der Waals surface area contributed by atoms with E-state index in [-0.39, 0.29) is 55.0 Å². The van der Waals surface area contributed by atoms with Crippen LogP contribution in [0.25, 0.3) is 0 Å². The van der Waals surface area contributed by atoms with Crippen molar-refractivity contribution in [1.29, 1.82) is 5.26 Å². The average molecular weight is 211 g/mol. The SMILES string of the molecule is I.N#CS.[H-].[Na+]. The molecule has 0 aliphatic rings. The van der Waals surface area contributed by atoms with E-state index >= 15 is 0 Å². The molecule has 0 aliphatic heterocycles. The minimum Gasteiger partial charge on any atom is -1.00 e. The number of nitriles is 1. The molecule has 0 N–H and O–H groups in total. The van der Waals surface area contributed by atoms with Crippen LogP contribution in [0.15, 0.2) is 0 Å². The molecule has 0 spiro atoms. The minimum absolute atomic E-state index is 0. The molecular formula is CH3INNaS. The van der Waals surface area contributed by atoms with Crippen LogP contribution in [-0.4, -0.2) is 0 Å². The number of thiol groups is 1. The third-order valence-corrected chi connectivity index (χ3v) is 0. The Kier molecular flexibility index (Phi) is 56.3. The van der Waals surface area contributed by atoms with E-state index in [1.165, 1.54) is 5.40 Å². The zero-order valence-corrected chi connectivity index (χ0v) is 8.03. The summed E-state index contributed by atoms with van der Waals surface area (Å²) in [5, 5.41) is 8.63. The Labute approximate surface area is 77.3 Å². The van der Waals surface area contributed by atoms with Crippen LogP contribution in [0.2, 0.25) is 0 Å². The normalized spacial score (nSPS) is 1.60. The molecule has 0 aromatic rings. The van der Waals surface area contributed by atoms with Crippen molar-refractivity contribution in [3.8, 4) is 5.40 Å². The van der Waals surface area contributed by atoms with E-state index in [1.807, 2.05) is 0 Å². The van der Waals surface area contributed by atoms with Crippen LogP contribution in [0.3, 0.4) is 0 Å². The van der Waals surface area contributed by atoms with Gasteiger partial charge in [-0.25, -0.2) is 0 Å². The van der Waals surface area contributed by atoms with Gasteiger partial charge in [0.2, 0.25) is 0 Å². The van der Waals surface area contributed by atoms with Crippen molar-refractivity contribution in [3.05, 3.63) is 0 Å². The molecule has 0 aromatic carbocycles. The maximum Gasteiger partial charge on any atom is 1.00 e. The molecule has 0 unspecified atom stereocenters. The molecule has 1 nitrogen and oxygen atoms in total. The van der Waals surface area contributed by atoms with Crippen molar-refractivity contribution in [3.63, 3.8) is 0 Å². The Morgan fingerprint density at radius 3 is 1.80 bits per heavy atom. The van der Waals surface area contributed by atoms with Gasteiger partial charge in [0, 0.05) is 0 Å². The zero-order chi connectivity index (χ0) is 2.71. The molecule has 0 bridgehead atoms. The maximum absolute atomic E-state index is 7.18. The molecule has 4 heteroatoms. The zero-order valence-electron chi connectivity index (χ0n) is 3.80. The monoisotopic (exact) mass is 211 g/mol. The van der Waals surface area contributed by atoms with Gasteiger partial charge in [-0.15, -0.1) is 24.0 Å². The molecule has 0 amide bonds. The van der Waals surface area contributed by atoms with Crippen molar-refractivity contribution >= 4 is 36.6 Å². The van der Waals surface area contributed by atoms with E-state index < -0.39 is 0 Å². The summed E-state index contributed by atoms with van der Waals surface area (Å²) in [6.07, 6.45) is 0. The maximum atomic E-state index is 7.18. The number of thiocyanates is 1. The van der Waals surface area contributed by atoms with Crippen LogP contribution in [0.1, 0.15) is 1.43 Å². The van der Waals surface area contributed by atoms with Gasteiger partial charge < -0.3 is 1.43 Å². The van der Waals surface area contributed by atoms with Crippen molar-refractivity contribution < 1.29 is 31.0 Å². The van der Waals surface area contributed by atoms with E-state index in [0.717, 1.165) is 0 Å². The third-order valence-electron chi connectivity index (χ3n) is 0. The van der Waals surface area contributed by atoms with Crippen LogP contribution < -0.4 is 29.6 Å². The summed E-state index contributed by atoms with van der Waals surface area (Å²) in [6, 6.07) is 0. The van der Waals surface area contributed by atoms with E-state index in [2.05, 4.69) is 12.6 Å². The van der Waals surface area contributed by atoms with Gasteiger partial charge in [-0.1, -0.05) is 12.6 Å². The molecule has 26 valence electrons. The average Bonchev–Trinajstić information content (AvgIpc) is 0.918. The van der Waals surface area contributed by atoms with Crippen LogP contribution in [0, 0.1) is 10.7 Å². The molecule has 0 radical (unpaired) electrons. The number of halogens is 1. The fraction of sp³-hybridized carbons (Fsp3) is 0. The van der Waals surface area contributed by atoms with Gasteiger partial charge in [0.1, 0.15) is 5.40 Å². The van der Waals surface area contributed by atoms with E-state index in [1.54, 1.807) is 0 Å². The Balaban J connectivity index is -0.00000000667. The minimum atomic E-state index is 0. The Morgan fingerprint density at radius 1 is 1.80 bits per heavy atom. The van der Waals surface area contributed by atoms with Gasteiger partial charge in [-0.05, 0) is 0 Å². The van der Waals surface area contributed by atoms with Crippen molar-refractivity contribution in [2.45, 2.75) is 0 Å². The molecule has 0 aromatic heterocycles. The second-order valence-corrected chi connectivity index (χ2v) is 0.300. The van der Waals surface area contributed by atoms with Gasteiger partial charge in [0.05, 0.1) is 0 Å². The predicted molar refractivity (Wildman–Crippen MR) is 31.1 cm³/mol. The van der Waals surface area contributed by atoms with Crippen LogP contribution in [-0.2, 0) is 0 Å². The second kappa shape index (κ2) is 17.6. The summed E-state index contributed by atoms with van der Waals surface area (Å²) in [7, 11) is 0. The summed E-state index contributed by atoms with van der Waals surface area (Å²) in [4.78, 5) is 0. The topological polar surface area (TPSA) is 23.8 Å². The number of hydrogen-bond acceptors (Lipinski definition) is 2. The Hall–Kier alpha value is 1.57. The van der Waals surface area contributed by atoms with Gasteiger partial charge in [0.15, 0.2) is 0 Å². The first-order chi connectivity index (χ1) is 1.41. The molecule has 0 saturated carbocycles. The van der Waals surface area contributed by atoms with Gasteiger partial charge >= 0.3 is 29.6 Å². The summed E-state index contributed by atoms with van der Waals surface area (Å²) in [6.45, 7) is 0. The predicted octanol–water partition coefficient (Wildman–Crippen LogP) is -1.87. The quantitative estimate of drug-likeness (QED) is 0.216.